The standard InChI is InChI=1S/C21H19N3O3/c25-20(19-12-15-6-3-4-9-18(15)21(26)27-19)22-13-16-7-1-2-8-17(16)14-24-11-5-10-23-24/h1-11,19H,12-14H2,(H,22,25). The summed E-state index contributed by atoms with van der Waals surface area (Å²) in [7, 11) is 0. The maximum Gasteiger partial charge on any atom is 0.339 e. The van der Waals surface area contributed by atoms with E-state index in [0.717, 1.165) is 16.7 Å². The Morgan fingerprint density at radius 3 is 2.70 bits per heavy atom. The zero-order valence-corrected chi connectivity index (χ0v) is 14.7. The largest absolute Gasteiger partial charge is 0.448 e. The first-order valence-electron chi connectivity index (χ1n) is 8.81. The van der Waals surface area contributed by atoms with Gasteiger partial charge in [-0.25, -0.2) is 4.79 Å². The number of rotatable bonds is 5. The summed E-state index contributed by atoms with van der Waals surface area (Å²) in [4.78, 5) is 24.6. The summed E-state index contributed by atoms with van der Waals surface area (Å²) in [6.07, 6.45) is 3.22. The molecule has 1 aliphatic heterocycles. The first-order valence-corrected chi connectivity index (χ1v) is 8.81. The molecule has 3 aromatic rings. The van der Waals surface area contributed by atoms with E-state index in [4.69, 9.17) is 4.74 Å². The monoisotopic (exact) mass is 361 g/mol. The molecule has 2 heterocycles. The molecule has 0 radical (unpaired) electrons. The van der Waals surface area contributed by atoms with E-state index in [9.17, 15) is 9.59 Å². The minimum absolute atomic E-state index is 0.285. The van der Waals surface area contributed by atoms with Crippen LogP contribution in [0.2, 0.25) is 0 Å². The summed E-state index contributed by atoms with van der Waals surface area (Å²) in [5.74, 6) is -0.733. The maximum absolute atomic E-state index is 12.5. The first kappa shape index (κ1) is 17.0. The van der Waals surface area contributed by atoms with Crippen molar-refractivity contribution in [3.05, 3.63) is 89.2 Å². The van der Waals surface area contributed by atoms with E-state index in [-0.39, 0.29) is 5.91 Å². The molecule has 1 aliphatic rings. The fraction of sp³-hybridized carbons (Fsp3) is 0.190. The third-order valence-electron chi connectivity index (χ3n) is 4.65. The molecule has 6 heteroatoms. The minimum Gasteiger partial charge on any atom is -0.448 e. The van der Waals surface area contributed by atoms with Crippen LogP contribution in [0.1, 0.15) is 27.0 Å². The highest BCUT2D eigenvalue weighted by Crippen LogP contribution is 2.20. The lowest BCUT2D eigenvalue weighted by Crippen LogP contribution is -2.41. The molecule has 1 aromatic heterocycles. The molecule has 0 saturated heterocycles. The van der Waals surface area contributed by atoms with Gasteiger partial charge in [0.2, 0.25) is 0 Å². The predicted molar refractivity (Wildman–Crippen MR) is 99.0 cm³/mol. The molecule has 1 atom stereocenters. The van der Waals surface area contributed by atoms with Crippen LogP contribution in [-0.2, 0) is 29.0 Å². The number of cyclic esters (lactones) is 1. The number of ether oxygens (including phenoxy) is 1. The average Bonchev–Trinajstić information content (AvgIpc) is 3.20. The van der Waals surface area contributed by atoms with E-state index in [1.54, 1.807) is 18.3 Å². The average molecular weight is 361 g/mol. The second-order valence-electron chi connectivity index (χ2n) is 6.45. The number of nitrogens with one attached hydrogen (secondary N) is 1. The Kier molecular flexibility index (Phi) is 4.70. The highest BCUT2D eigenvalue weighted by Gasteiger charge is 2.30. The van der Waals surface area contributed by atoms with Crippen LogP contribution < -0.4 is 5.32 Å². The molecule has 4 rings (SSSR count). The van der Waals surface area contributed by atoms with Gasteiger partial charge in [0.1, 0.15) is 0 Å². The molecule has 0 bridgehead atoms. The van der Waals surface area contributed by atoms with Gasteiger partial charge in [0, 0.05) is 25.4 Å². The van der Waals surface area contributed by atoms with E-state index in [1.807, 2.05) is 53.3 Å². The van der Waals surface area contributed by atoms with Gasteiger partial charge in [0.15, 0.2) is 6.10 Å². The SMILES string of the molecule is O=C1OC(C(=O)NCc2ccccc2Cn2cccn2)Cc2ccccc21. The lowest BCUT2D eigenvalue weighted by atomic mass is 9.98. The van der Waals surface area contributed by atoms with Gasteiger partial charge < -0.3 is 10.1 Å². The predicted octanol–water partition coefficient (Wildman–Crippen LogP) is 2.33. The smallest absolute Gasteiger partial charge is 0.339 e. The van der Waals surface area contributed by atoms with E-state index in [1.165, 1.54) is 0 Å². The highest BCUT2D eigenvalue weighted by molar-refractivity contribution is 5.95. The fourth-order valence-electron chi connectivity index (χ4n) is 3.23. The Labute approximate surface area is 156 Å². The molecular weight excluding hydrogens is 342 g/mol. The molecule has 6 nitrogen and oxygen atoms in total. The van der Waals surface area contributed by atoms with Crippen molar-refractivity contribution in [3.8, 4) is 0 Å². The van der Waals surface area contributed by atoms with Crippen LogP contribution in [0.15, 0.2) is 67.0 Å². The molecule has 2 aromatic carbocycles. The van der Waals surface area contributed by atoms with E-state index in [0.29, 0.717) is 25.1 Å². The molecule has 27 heavy (non-hydrogen) atoms. The van der Waals surface area contributed by atoms with Crippen LogP contribution in [0.3, 0.4) is 0 Å². The van der Waals surface area contributed by atoms with Crippen molar-refractivity contribution in [1.82, 2.24) is 15.1 Å². The fourth-order valence-corrected chi connectivity index (χ4v) is 3.23. The van der Waals surface area contributed by atoms with Crippen molar-refractivity contribution in [2.75, 3.05) is 0 Å². The summed E-state index contributed by atoms with van der Waals surface area (Å²) >= 11 is 0. The summed E-state index contributed by atoms with van der Waals surface area (Å²) in [6, 6.07) is 17.0. The Morgan fingerprint density at radius 1 is 1.11 bits per heavy atom. The Bertz CT molecular complexity index is 966. The van der Waals surface area contributed by atoms with Crippen LogP contribution in [0.5, 0.6) is 0 Å². The van der Waals surface area contributed by atoms with Crippen LogP contribution in [0, 0.1) is 0 Å². The molecule has 1 N–H and O–H groups in total. The molecule has 0 fully saturated rings. The third kappa shape index (κ3) is 3.74. The van der Waals surface area contributed by atoms with Gasteiger partial charge in [-0.15, -0.1) is 0 Å². The first-order chi connectivity index (χ1) is 13.2. The second-order valence-corrected chi connectivity index (χ2v) is 6.45. The Hall–Kier alpha value is -3.41. The number of esters is 1. The Balaban J connectivity index is 1.42. The number of benzene rings is 2. The normalized spacial score (nSPS) is 15.7. The summed E-state index contributed by atoms with van der Waals surface area (Å²) in [5, 5.41) is 7.12. The lowest BCUT2D eigenvalue weighted by Gasteiger charge is -2.24. The van der Waals surface area contributed by atoms with E-state index in [2.05, 4.69) is 10.4 Å². The van der Waals surface area contributed by atoms with Crippen molar-refractivity contribution in [3.63, 3.8) is 0 Å². The zero-order valence-electron chi connectivity index (χ0n) is 14.7. The number of carbonyl (C=O) groups excluding carboxylic acids is 2. The number of hydrogen-bond acceptors (Lipinski definition) is 4. The van der Waals surface area contributed by atoms with Gasteiger partial charge in [0.05, 0.1) is 12.1 Å². The van der Waals surface area contributed by atoms with Crippen molar-refractivity contribution < 1.29 is 14.3 Å². The number of hydrogen-bond donors (Lipinski definition) is 1. The molecule has 136 valence electrons. The maximum atomic E-state index is 12.5. The zero-order chi connectivity index (χ0) is 18.6. The number of nitrogens with zero attached hydrogens (tertiary/aromatic N) is 2. The van der Waals surface area contributed by atoms with Crippen molar-refractivity contribution in [1.29, 1.82) is 0 Å². The molecule has 1 unspecified atom stereocenters. The van der Waals surface area contributed by atoms with Crippen LogP contribution in [-0.4, -0.2) is 27.8 Å². The van der Waals surface area contributed by atoms with Crippen molar-refractivity contribution in [2.45, 2.75) is 25.6 Å². The summed E-state index contributed by atoms with van der Waals surface area (Å²) < 4.78 is 7.15. The second kappa shape index (κ2) is 7.45. The number of fused-ring (bicyclic) bond motifs is 1. The van der Waals surface area contributed by atoms with Gasteiger partial charge in [-0.2, -0.15) is 5.10 Å². The Morgan fingerprint density at radius 2 is 1.89 bits per heavy atom. The van der Waals surface area contributed by atoms with Crippen molar-refractivity contribution >= 4 is 11.9 Å². The van der Waals surface area contributed by atoms with Crippen LogP contribution in [0.25, 0.3) is 0 Å². The number of carbonyl (C=O) groups is 2. The van der Waals surface area contributed by atoms with Gasteiger partial charge in [-0.3, -0.25) is 9.48 Å². The lowest BCUT2D eigenvalue weighted by molar-refractivity contribution is -0.130. The highest BCUT2D eigenvalue weighted by atomic mass is 16.5. The minimum atomic E-state index is -0.800. The molecule has 1 amide bonds. The van der Waals surface area contributed by atoms with Crippen LogP contribution in [0.4, 0.5) is 0 Å². The van der Waals surface area contributed by atoms with Crippen LogP contribution >= 0.6 is 0 Å². The molecule has 0 saturated carbocycles. The molecular formula is C21H19N3O3. The molecule has 0 spiro atoms. The molecule has 0 aliphatic carbocycles. The van der Waals surface area contributed by atoms with Gasteiger partial charge in [-0.1, -0.05) is 42.5 Å². The van der Waals surface area contributed by atoms with Crippen molar-refractivity contribution in [2.24, 2.45) is 0 Å². The summed E-state index contributed by atoms with van der Waals surface area (Å²) in [6.45, 7) is 0.997. The third-order valence-corrected chi connectivity index (χ3v) is 4.65. The van der Waals surface area contributed by atoms with E-state index < -0.39 is 12.1 Å². The number of amides is 1. The quantitative estimate of drug-likeness (QED) is 0.708. The van der Waals surface area contributed by atoms with Gasteiger partial charge >= 0.3 is 5.97 Å². The summed E-state index contributed by atoms with van der Waals surface area (Å²) in [5.41, 5.74) is 3.45. The van der Waals surface area contributed by atoms with Gasteiger partial charge in [-0.05, 0) is 28.8 Å². The topological polar surface area (TPSA) is 73.2 Å². The van der Waals surface area contributed by atoms with Gasteiger partial charge in [0.25, 0.3) is 5.91 Å². The van der Waals surface area contributed by atoms with E-state index >= 15 is 0 Å². The number of aromatic nitrogens is 2.